The van der Waals surface area contributed by atoms with Gasteiger partial charge in [0.1, 0.15) is 11.2 Å². The molecule has 0 aliphatic heterocycles. The Balaban J connectivity index is 1.68. The van der Waals surface area contributed by atoms with E-state index in [9.17, 15) is 15.2 Å². The number of aliphatic hydroxyl groups is 1. The normalized spacial score (nSPS) is 11.4. The number of nitrogens with zero attached hydrogens (tertiary/aromatic N) is 5. The minimum absolute atomic E-state index is 0.0607. The average molecular weight is 461 g/mol. The van der Waals surface area contributed by atoms with Crippen LogP contribution < -0.4 is 5.32 Å². The fourth-order valence-corrected chi connectivity index (χ4v) is 3.61. The molecule has 0 radical (unpaired) electrons. The number of carbonyl (C=O) groups excluding carboxylic acids is 1. The lowest BCUT2D eigenvalue weighted by molar-refractivity contribution is 0.0917. The maximum absolute atomic E-state index is 13.0. The van der Waals surface area contributed by atoms with E-state index in [0.29, 0.717) is 33.8 Å². The van der Waals surface area contributed by atoms with Crippen molar-refractivity contribution in [2.75, 3.05) is 11.9 Å². The van der Waals surface area contributed by atoms with Gasteiger partial charge in [-0.25, -0.2) is 15.0 Å². The summed E-state index contributed by atoms with van der Waals surface area (Å²) in [7, 11) is 0. The van der Waals surface area contributed by atoms with Crippen LogP contribution in [0.5, 0.6) is 0 Å². The molecule has 8 nitrogen and oxygen atoms in total. The Bertz CT molecular complexity index is 1380. The zero-order chi connectivity index (χ0) is 23.6. The summed E-state index contributed by atoms with van der Waals surface area (Å²) in [5.74, 6) is 0.151. The molecule has 3 aromatic heterocycles. The molecule has 0 amide bonds. The number of halogens is 1. The van der Waals surface area contributed by atoms with Gasteiger partial charge < -0.3 is 10.4 Å². The molecule has 9 heteroatoms. The van der Waals surface area contributed by atoms with E-state index in [-0.39, 0.29) is 24.0 Å². The zero-order valence-corrected chi connectivity index (χ0v) is 18.8. The van der Waals surface area contributed by atoms with E-state index < -0.39 is 5.60 Å². The first-order chi connectivity index (χ1) is 15.7. The molecule has 1 aromatic carbocycles. The number of rotatable bonds is 6. The van der Waals surface area contributed by atoms with E-state index in [2.05, 4.69) is 26.3 Å². The van der Waals surface area contributed by atoms with E-state index >= 15 is 0 Å². The smallest absolute Gasteiger partial charge is 0.235 e. The second-order valence-electron chi connectivity index (χ2n) is 8.21. The highest BCUT2D eigenvalue weighted by atomic mass is 35.5. The van der Waals surface area contributed by atoms with E-state index in [1.165, 1.54) is 4.57 Å². The van der Waals surface area contributed by atoms with Gasteiger partial charge in [-0.05, 0) is 49.7 Å². The second kappa shape index (κ2) is 8.98. The highest BCUT2D eigenvalue weighted by molar-refractivity contribution is 6.30. The van der Waals surface area contributed by atoms with E-state index in [1.54, 1.807) is 62.8 Å². The van der Waals surface area contributed by atoms with Crippen molar-refractivity contribution in [1.29, 1.82) is 5.26 Å². The topological polar surface area (TPSA) is 117 Å². The van der Waals surface area contributed by atoms with Gasteiger partial charge in [-0.1, -0.05) is 17.7 Å². The summed E-state index contributed by atoms with van der Waals surface area (Å²) in [6, 6.07) is 12.8. The number of hydrogen-bond acceptors (Lipinski definition) is 7. The largest absolute Gasteiger partial charge is 0.389 e. The van der Waals surface area contributed by atoms with Crippen LogP contribution in [0.1, 0.15) is 29.8 Å². The van der Waals surface area contributed by atoms with Crippen molar-refractivity contribution in [3.8, 4) is 17.3 Å². The van der Waals surface area contributed by atoms with Gasteiger partial charge in [0.15, 0.2) is 0 Å². The number of carbonyl (C=O) groups is 1. The van der Waals surface area contributed by atoms with Gasteiger partial charge in [0.25, 0.3) is 0 Å². The van der Waals surface area contributed by atoms with Crippen LogP contribution in [0.25, 0.3) is 22.2 Å². The van der Waals surface area contributed by atoms with Crippen LogP contribution in [0.3, 0.4) is 0 Å². The predicted molar refractivity (Wildman–Crippen MR) is 126 cm³/mol. The molecule has 4 rings (SSSR count). The zero-order valence-electron chi connectivity index (χ0n) is 18.1. The molecule has 0 saturated heterocycles. The summed E-state index contributed by atoms with van der Waals surface area (Å²) < 4.78 is 1.47. The number of hydrogen-bond donors (Lipinski definition) is 2. The molecule has 0 unspecified atom stereocenters. The third-order valence-corrected chi connectivity index (χ3v) is 5.32. The van der Waals surface area contributed by atoms with Crippen LogP contribution in [-0.4, -0.2) is 42.7 Å². The van der Waals surface area contributed by atoms with Gasteiger partial charge in [-0.15, -0.1) is 0 Å². The first kappa shape index (κ1) is 22.4. The van der Waals surface area contributed by atoms with E-state index in [0.717, 1.165) is 5.39 Å². The van der Waals surface area contributed by atoms with E-state index in [1.807, 2.05) is 6.07 Å². The molecule has 2 N–H and O–H groups in total. The molecule has 0 aliphatic carbocycles. The van der Waals surface area contributed by atoms with Crippen LogP contribution in [0, 0.1) is 11.3 Å². The summed E-state index contributed by atoms with van der Waals surface area (Å²) in [5, 5.41) is 23.7. The van der Waals surface area contributed by atoms with Crippen molar-refractivity contribution in [1.82, 2.24) is 19.5 Å². The van der Waals surface area contributed by atoms with Gasteiger partial charge in [0, 0.05) is 36.1 Å². The predicted octanol–water partition coefficient (Wildman–Crippen LogP) is 4.08. The quantitative estimate of drug-likeness (QED) is 0.416. The summed E-state index contributed by atoms with van der Waals surface area (Å²) in [6.07, 6.45) is 4.89. The number of nitrogens with one attached hydrogen (secondary N) is 1. The van der Waals surface area contributed by atoms with Crippen LogP contribution in [0.2, 0.25) is 5.15 Å². The Morgan fingerprint density at radius 3 is 2.79 bits per heavy atom. The Labute approximate surface area is 195 Å². The molecule has 0 saturated carbocycles. The molecule has 166 valence electrons. The van der Waals surface area contributed by atoms with Crippen LogP contribution in [0.4, 0.5) is 5.95 Å². The van der Waals surface area contributed by atoms with Gasteiger partial charge in [0.2, 0.25) is 11.9 Å². The summed E-state index contributed by atoms with van der Waals surface area (Å²) >= 11 is 6.10. The average Bonchev–Trinajstić information content (AvgIpc) is 3.23. The number of pyridine rings is 1. The Hall–Kier alpha value is -3.80. The first-order valence-electron chi connectivity index (χ1n) is 10.2. The first-order valence-corrected chi connectivity index (χ1v) is 10.6. The summed E-state index contributed by atoms with van der Waals surface area (Å²) in [6.45, 7) is 3.65. The summed E-state index contributed by atoms with van der Waals surface area (Å²) in [4.78, 5) is 25.7. The third-order valence-electron chi connectivity index (χ3n) is 4.98. The van der Waals surface area contributed by atoms with Gasteiger partial charge in [-0.2, -0.15) is 5.26 Å². The Morgan fingerprint density at radius 2 is 2.06 bits per heavy atom. The lowest BCUT2D eigenvalue weighted by Crippen LogP contribution is -2.29. The second-order valence-corrected chi connectivity index (χ2v) is 8.57. The van der Waals surface area contributed by atoms with E-state index in [4.69, 9.17) is 11.6 Å². The molecular weight excluding hydrogens is 440 g/mol. The number of benzene rings is 1. The molecule has 0 aliphatic rings. The molecule has 0 atom stereocenters. The fourth-order valence-electron chi connectivity index (χ4n) is 3.42. The van der Waals surface area contributed by atoms with Crippen LogP contribution >= 0.6 is 11.6 Å². The van der Waals surface area contributed by atoms with Gasteiger partial charge >= 0.3 is 0 Å². The maximum atomic E-state index is 13.0. The number of fused-ring (bicyclic) bond motifs is 1. The molecule has 3 heterocycles. The highest BCUT2D eigenvalue weighted by Crippen LogP contribution is 2.28. The van der Waals surface area contributed by atoms with Crippen LogP contribution in [0.15, 0.2) is 55.0 Å². The monoisotopic (exact) mass is 460 g/mol. The Kier molecular flexibility index (Phi) is 6.09. The molecule has 33 heavy (non-hydrogen) atoms. The van der Waals surface area contributed by atoms with Crippen molar-refractivity contribution >= 4 is 34.4 Å². The summed E-state index contributed by atoms with van der Waals surface area (Å²) in [5.41, 5.74) is 1.91. The number of nitriles is 1. The van der Waals surface area contributed by atoms with Crippen molar-refractivity contribution in [3.05, 3.63) is 71.3 Å². The maximum Gasteiger partial charge on any atom is 0.235 e. The fraction of sp³-hybridized carbons (Fsp3) is 0.208. The molecule has 0 spiro atoms. The molecular formula is C24H21ClN6O2. The van der Waals surface area contributed by atoms with Crippen molar-refractivity contribution < 1.29 is 9.90 Å². The molecule has 4 aromatic rings. The van der Waals surface area contributed by atoms with Gasteiger partial charge in [-0.3, -0.25) is 9.36 Å². The number of anilines is 1. The molecule has 0 bridgehead atoms. The minimum Gasteiger partial charge on any atom is -0.389 e. The van der Waals surface area contributed by atoms with Crippen molar-refractivity contribution in [3.63, 3.8) is 0 Å². The minimum atomic E-state index is -0.915. The number of aromatic nitrogens is 4. The molecule has 0 fully saturated rings. The van der Waals surface area contributed by atoms with Gasteiger partial charge in [0.05, 0.1) is 28.8 Å². The lowest BCUT2D eigenvalue weighted by atomic mass is 10.0. The van der Waals surface area contributed by atoms with Crippen LogP contribution in [-0.2, 0) is 6.42 Å². The Morgan fingerprint density at radius 1 is 1.24 bits per heavy atom. The van der Waals surface area contributed by atoms with Crippen molar-refractivity contribution in [2.24, 2.45) is 0 Å². The lowest BCUT2D eigenvalue weighted by Gasteiger charge is -2.17. The SMILES string of the molecule is CC(C)(O)CNc1nccc(-c2cc(C#N)c3c(ccn3C(=O)Cc3cccnc3Cl)c2)n1. The standard InChI is InChI=1S/C24H21ClN6O2/c1-24(2,33)14-29-23-28-8-5-19(30-23)17-10-15-6-9-31(21(15)18(11-17)13-26)20(32)12-16-4-3-7-27-22(16)25/h3-11,33H,12,14H2,1-2H3,(H,28,29,30). The third kappa shape index (κ3) is 5.00. The highest BCUT2D eigenvalue weighted by Gasteiger charge is 2.17. The van der Waals surface area contributed by atoms with Crippen molar-refractivity contribution in [2.45, 2.75) is 25.9 Å².